The summed E-state index contributed by atoms with van der Waals surface area (Å²) in [7, 11) is -3.78. The van der Waals surface area contributed by atoms with Crippen molar-refractivity contribution in [1.29, 1.82) is 5.26 Å². The van der Waals surface area contributed by atoms with Crippen molar-refractivity contribution in [2.24, 2.45) is 5.92 Å². The third-order valence-corrected chi connectivity index (χ3v) is 5.44. The molecule has 1 fully saturated rings. The van der Waals surface area contributed by atoms with Gasteiger partial charge in [0, 0.05) is 13.1 Å². The van der Waals surface area contributed by atoms with E-state index >= 15 is 0 Å². The van der Waals surface area contributed by atoms with Gasteiger partial charge in [0.2, 0.25) is 10.0 Å². The molecule has 0 amide bonds. The lowest BCUT2D eigenvalue weighted by molar-refractivity contribution is 0.452. The molecule has 102 valence electrons. The number of hydrogen-bond acceptors (Lipinski definition) is 3. The monoisotopic (exact) mass is 282 g/mol. The van der Waals surface area contributed by atoms with E-state index in [0.29, 0.717) is 19.0 Å². The van der Waals surface area contributed by atoms with Gasteiger partial charge in [0.05, 0.1) is 0 Å². The first-order chi connectivity index (χ1) is 9.00. The Kier molecular flexibility index (Phi) is 3.88. The quantitative estimate of drug-likeness (QED) is 0.853. The largest absolute Gasteiger partial charge is 0.244 e. The molecule has 0 N–H and O–H groups in total. The first kappa shape index (κ1) is 14.0. The summed E-state index contributed by atoms with van der Waals surface area (Å²) in [6, 6.07) is 5.34. The maximum atomic E-state index is 13.5. The maximum absolute atomic E-state index is 13.5. The number of sulfonamides is 1. The SMILES string of the molecule is CCC1CCN(S(=O)(=O)c2cccc(F)c2C#N)C1. The van der Waals surface area contributed by atoms with E-state index in [0.717, 1.165) is 18.9 Å². The second-order valence-corrected chi connectivity index (χ2v) is 6.56. The molecule has 1 unspecified atom stereocenters. The highest BCUT2D eigenvalue weighted by Crippen LogP contribution is 2.28. The lowest BCUT2D eigenvalue weighted by Gasteiger charge is -2.17. The molecule has 0 bridgehead atoms. The molecule has 4 nitrogen and oxygen atoms in total. The second-order valence-electron chi connectivity index (χ2n) is 4.65. The van der Waals surface area contributed by atoms with Crippen molar-refractivity contribution in [3.63, 3.8) is 0 Å². The Morgan fingerprint density at radius 2 is 2.26 bits per heavy atom. The van der Waals surface area contributed by atoms with Crippen molar-refractivity contribution >= 4 is 10.0 Å². The van der Waals surface area contributed by atoms with Gasteiger partial charge in [-0.15, -0.1) is 0 Å². The molecule has 0 aromatic heterocycles. The molecule has 1 aliphatic rings. The van der Waals surface area contributed by atoms with E-state index in [1.165, 1.54) is 16.4 Å². The van der Waals surface area contributed by atoms with Crippen molar-refractivity contribution in [2.75, 3.05) is 13.1 Å². The van der Waals surface area contributed by atoms with Gasteiger partial charge in [-0.05, 0) is 24.5 Å². The molecule has 0 spiro atoms. The van der Waals surface area contributed by atoms with E-state index in [4.69, 9.17) is 5.26 Å². The summed E-state index contributed by atoms with van der Waals surface area (Å²) in [4.78, 5) is -0.230. The van der Waals surface area contributed by atoms with Gasteiger partial charge in [0.25, 0.3) is 0 Å². The van der Waals surface area contributed by atoms with E-state index in [1.807, 2.05) is 6.92 Å². The highest BCUT2D eigenvalue weighted by molar-refractivity contribution is 7.89. The molecular formula is C13H15FN2O2S. The van der Waals surface area contributed by atoms with E-state index < -0.39 is 21.4 Å². The van der Waals surface area contributed by atoms with Crippen LogP contribution in [0.25, 0.3) is 0 Å². The van der Waals surface area contributed by atoms with Crippen molar-refractivity contribution in [1.82, 2.24) is 4.31 Å². The summed E-state index contributed by atoms with van der Waals surface area (Å²) in [6.45, 7) is 2.89. The molecule has 0 saturated carbocycles. The van der Waals surface area contributed by atoms with Crippen LogP contribution in [0.4, 0.5) is 4.39 Å². The number of nitrogens with zero attached hydrogens (tertiary/aromatic N) is 2. The molecule has 1 aromatic rings. The standard InChI is InChI=1S/C13H15FN2O2S/c1-2-10-6-7-16(9-10)19(17,18)13-5-3-4-12(14)11(13)8-15/h3-5,10H,2,6-7,9H2,1H3. The molecule has 1 aromatic carbocycles. The van der Waals surface area contributed by atoms with Crippen molar-refractivity contribution in [2.45, 2.75) is 24.7 Å². The normalized spacial score (nSPS) is 20.4. The van der Waals surface area contributed by atoms with Crippen LogP contribution in [0.5, 0.6) is 0 Å². The molecular weight excluding hydrogens is 267 g/mol. The highest BCUT2D eigenvalue weighted by atomic mass is 32.2. The number of benzene rings is 1. The van der Waals surface area contributed by atoms with Gasteiger partial charge < -0.3 is 0 Å². The zero-order valence-corrected chi connectivity index (χ0v) is 11.5. The summed E-state index contributed by atoms with van der Waals surface area (Å²) in [6.07, 6.45) is 1.73. The predicted octanol–water partition coefficient (Wildman–Crippen LogP) is 2.12. The van der Waals surface area contributed by atoms with Crippen LogP contribution in [0, 0.1) is 23.1 Å². The Balaban J connectivity index is 2.42. The van der Waals surface area contributed by atoms with Gasteiger partial charge in [-0.3, -0.25) is 0 Å². The fourth-order valence-corrected chi connectivity index (χ4v) is 4.00. The summed E-state index contributed by atoms with van der Waals surface area (Å²) in [5, 5.41) is 8.93. The molecule has 1 atom stereocenters. The number of rotatable bonds is 3. The number of nitriles is 1. The zero-order valence-electron chi connectivity index (χ0n) is 10.6. The molecule has 19 heavy (non-hydrogen) atoms. The predicted molar refractivity (Wildman–Crippen MR) is 68.3 cm³/mol. The minimum Gasteiger partial charge on any atom is -0.207 e. The molecule has 0 aliphatic carbocycles. The minimum absolute atomic E-state index is 0.230. The topological polar surface area (TPSA) is 61.2 Å². The van der Waals surface area contributed by atoms with Crippen molar-refractivity contribution < 1.29 is 12.8 Å². The van der Waals surface area contributed by atoms with Crippen molar-refractivity contribution in [3.05, 3.63) is 29.6 Å². The van der Waals surface area contributed by atoms with Crippen LogP contribution in [0.2, 0.25) is 0 Å². The smallest absolute Gasteiger partial charge is 0.207 e. The first-order valence-corrected chi connectivity index (χ1v) is 7.63. The molecule has 0 radical (unpaired) electrons. The van der Waals surface area contributed by atoms with Crippen LogP contribution in [-0.4, -0.2) is 25.8 Å². The van der Waals surface area contributed by atoms with E-state index in [2.05, 4.69) is 0 Å². The lowest BCUT2D eigenvalue weighted by Crippen LogP contribution is -2.29. The number of hydrogen-bond donors (Lipinski definition) is 0. The Bertz CT molecular complexity index is 622. The maximum Gasteiger partial charge on any atom is 0.244 e. The fraction of sp³-hybridized carbons (Fsp3) is 0.462. The Labute approximate surface area is 112 Å². The van der Waals surface area contributed by atoms with E-state index in [-0.39, 0.29) is 4.90 Å². The Hall–Kier alpha value is -1.45. The zero-order chi connectivity index (χ0) is 14.0. The molecule has 6 heteroatoms. The number of halogens is 1. The van der Waals surface area contributed by atoms with E-state index in [9.17, 15) is 12.8 Å². The summed E-state index contributed by atoms with van der Waals surface area (Å²) in [5.74, 6) is -0.455. The summed E-state index contributed by atoms with van der Waals surface area (Å²) >= 11 is 0. The third-order valence-electron chi connectivity index (χ3n) is 3.53. The summed E-state index contributed by atoms with van der Waals surface area (Å²) in [5.41, 5.74) is -0.401. The van der Waals surface area contributed by atoms with Crippen LogP contribution in [-0.2, 0) is 10.0 Å². The Morgan fingerprint density at radius 3 is 2.84 bits per heavy atom. The summed E-state index contributed by atoms with van der Waals surface area (Å²) < 4.78 is 39.7. The van der Waals surface area contributed by atoms with E-state index in [1.54, 1.807) is 6.07 Å². The molecule has 1 saturated heterocycles. The van der Waals surface area contributed by atoms with Gasteiger partial charge in [0.1, 0.15) is 22.3 Å². The molecule has 1 aliphatic heterocycles. The van der Waals surface area contributed by atoms with Crippen LogP contribution in [0.1, 0.15) is 25.3 Å². The third kappa shape index (κ3) is 2.48. The van der Waals surface area contributed by atoms with Gasteiger partial charge in [0.15, 0.2) is 0 Å². The van der Waals surface area contributed by atoms with Crippen LogP contribution >= 0.6 is 0 Å². The van der Waals surface area contributed by atoms with Crippen molar-refractivity contribution in [3.8, 4) is 6.07 Å². The lowest BCUT2D eigenvalue weighted by atomic mass is 10.1. The van der Waals surface area contributed by atoms with Crippen LogP contribution in [0.3, 0.4) is 0 Å². The average Bonchev–Trinajstić information content (AvgIpc) is 2.87. The van der Waals surface area contributed by atoms with Crippen LogP contribution in [0.15, 0.2) is 23.1 Å². The fourth-order valence-electron chi connectivity index (χ4n) is 2.32. The minimum atomic E-state index is -3.78. The van der Waals surface area contributed by atoms with Gasteiger partial charge in [-0.2, -0.15) is 9.57 Å². The first-order valence-electron chi connectivity index (χ1n) is 6.19. The second kappa shape index (κ2) is 5.27. The highest BCUT2D eigenvalue weighted by Gasteiger charge is 2.33. The molecule has 2 rings (SSSR count). The average molecular weight is 282 g/mol. The van der Waals surface area contributed by atoms with Gasteiger partial charge in [-0.1, -0.05) is 19.4 Å². The Morgan fingerprint density at radius 1 is 1.53 bits per heavy atom. The van der Waals surface area contributed by atoms with Gasteiger partial charge >= 0.3 is 0 Å². The van der Waals surface area contributed by atoms with Gasteiger partial charge in [-0.25, -0.2) is 12.8 Å². The molecule has 1 heterocycles. The van der Waals surface area contributed by atoms with Crippen LogP contribution < -0.4 is 0 Å².